The van der Waals surface area contributed by atoms with E-state index in [1.54, 1.807) is 0 Å². The van der Waals surface area contributed by atoms with E-state index in [1.807, 2.05) is 12.4 Å². The third kappa shape index (κ3) is 2.79. The van der Waals surface area contributed by atoms with Gasteiger partial charge in [-0.3, -0.25) is 4.98 Å². The van der Waals surface area contributed by atoms with Gasteiger partial charge in [0.15, 0.2) is 0 Å². The van der Waals surface area contributed by atoms with E-state index in [-0.39, 0.29) is 12.1 Å². The van der Waals surface area contributed by atoms with Gasteiger partial charge < -0.3 is 10.6 Å². The summed E-state index contributed by atoms with van der Waals surface area (Å²) in [5.74, 6) is 0.642. The fourth-order valence-corrected chi connectivity index (χ4v) is 3.43. The van der Waals surface area contributed by atoms with Gasteiger partial charge in [-0.15, -0.1) is 0 Å². The van der Waals surface area contributed by atoms with Crippen LogP contribution in [0.4, 0.5) is 5.69 Å². The fraction of sp³-hybridized carbons (Fsp3) is 0.389. The predicted octanol–water partition coefficient (Wildman–Crippen LogP) is 3.17. The van der Waals surface area contributed by atoms with Crippen molar-refractivity contribution in [2.75, 3.05) is 11.4 Å². The number of hydrogen-bond acceptors (Lipinski definition) is 3. The number of nitrogens with two attached hydrogens (primary N) is 1. The average Bonchev–Trinajstić information content (AvgIpc) is 2.48. The van der Waals surface area contributed by atoms with Crippen LogP contribution in [0.25, 0.3) is 0 Å². The van der Waals surface area contributed by atoms with Crippen molar-refractivity contribution >= 4 is 5.69 Å². The maximum atomic E-state index is 6.34. The summed E-state index contributed by atoms with van der Waals surface area (Å²) in [5.41, 5.74) is 10.3. The second-order valence-electron chi connectivity index (χ2n) is 6.17. The monoisotopic (exact) mass is 281 g/mol. The maximum Gasteiger partial charge on any atom is 0.0692 e. The molecule has 1 aromatic carbocycles. The Morgan fingerprint density at radius 1 is 1.19 bits per heavy atom. The van der Waals surface area contributed by atoms with Gasteiger partial charge in [-0.2, -0.15) is 0 Å². The molecule has 3 heteroatoms. The van der Waals surface area contributed by atoms with Gasteiger partial charge in [0.25, 0.3) is 0 Å². The Labute approximate surface area is 126 Å². The lowest BCUT2D eigenvalue weighted by Gasteiger charge is -2.42. The highest BCUT2D eigenvalue weighted by Gasteiger charge is 2.30. The summed E-state index contributed by atoms with van der Waals surface area (Å²) in [6.07, 6.45) is 4.85. The second kappa shape index (κ2) is 5.86. The number of aromatic nitrogens is 1. The van der Waals surface area contributed by atoms with E-state index in [0.717, 1.165) is 13.0 Å². The molecule has 1 aliphatic rings. The molecule has 2 N–H and O–H groups in total. The van der Waals surface area contributed by atoms with E-state index < -0.39 is 0 Å². The lowest BCUT2D eigenvalue weighted by Crippen LogP contribution is -2.44. The van der Waals surface area contributed by atoms with Crippen LogP contribution in [0.2, 0.25) is 0 Å². The molecule has 0 radical (unpaired) electrons. The van der Waals surface area contributed by atoms with Crippen molar-refractivity contribution < 1.29 is 0 Å². The molecular weight excluding hydrogens is 258 g/mol. The summed E-state index contributed by atoms with van der Waals surface area (Å²) in [5, 5.41) is 0. The van der Waals surface area contributed by atoms with E-state index in [2.05, 4.69) is 60.1 Å². The molecule has 0 bridgehead atoms. The summed E-state index contributed by atoms with van der Waals surface area (Å²) in [7, 11) is 0. The number of fused-ring (bicyclic) bond motifs is 1. The minimum absolute atomic E-state index is 0.0609. The van der Waals surface area contributed by atoms with Crippen LogP contribution in [-0.4, -0.2) is 17.6 Å². The average molecular weight is 281 g/mol. The smallest absolute Gasteiger partial charge is 0.0692 e. The SMILES string of the molecule is CC1Cc2ccccc2N(C(c2ccncc2)C(C)N)C1. The molecule has 2 aromatic rings. The summed E-state index contributed by atoms with van der Waals surface area (Å²) < 4.78 is 0. The van der Waals surface area contributed by atoms with Gasteiger partial charge in [0.1, 0.15) is 0 Å². The molecule has 1 aliphatic heterocycles. The lowest BCUT2D eigenvalue weighted by atomic mass is 9.90. The molecular formula is C18H23N3. The molecule has 110 valence electrons. The zero-order valence-corrected chi connectivity index (χ0v) is 12.7. The van der Waals surface area contributed by atoms with Crippen molar-refractivity contribution in [2.45, 2.75) is 32.4 Å². The molecule has 3 rings (SSSR count). The quantitative estimate of drug-likeness (QED) is 0.939. The standard InChI is InChI=1S/C18H23N3/c1-13-11-16-5-3-4-6-17(16)21(12-13)18(14(2)19)15-7-9-20-10-8-15/h3-10,13-14,18H,11-12,19H2,1-2H3. The highest BCUT2D eigenvalue weighted by Crippen LogP contribution is 2.36. The largest absolute Gasteiger partial charge is 0.362 e. The summed E-state index contributed by atoms with van der Waals surface area (Å²) in [6, 6.07) is 13.1. The first-order valence-corrected chi connectivity index (χ1v) is 7.67. The van der Waals surface area contributed by atoms with Crippen LogP contribution in [0.1, 0.15) is 31.0 Å². The van der Waals surface area contributed by atoms with Gasteiger partial charge in [0, 0.05) is 30.7 Å². The Kier molecular flexibility index (Phi) is 3.93. The minimum Gasteiger partial charge on any atom is -0.362 e. The fourth-order valence-electron chi connectivity index (χ4n) is 3.43. The number of benzene rings is 1. The van der Waals surface area contributed by atoms with Gasteiger partial charge >= 0.3 is 0 Å². The van der Waals surface area contributed by atoms with E-state index in [0.29, 0.717) is 5.92 Å². The van der Waals surface area contributed by atoms with Crippen LogP contribution in [0.5, 0.6) is 0 Å². The Hall–Kier alpha value is -1.87. The molecule has 3 atom stereocenters. The first-order chi connectivity index (χ1) is 10.2. The number of hydrogen-bond donors (Lipinski definition) is 1. The van der Waals surface area contributed by atoms with Crippen LogP contribution in [0, 0.1) is 5.92 Å². The molecule has 0 saturated heterocycles. The number of pyridine rings is 1. The Bertz CT molecular complexity index is 594. The Morgan fingerprint density at radius 3 is 2.62 bits per heavy atom. The van der Waals surface area contributed by atoms with Gasteiger partial charge in [-0.05, 0) is 48.6 Å². The summed E-state index contributed by atoms with van der Waals surface area (Å²) >= 11 is 0. The van der Waals surface area contributed by atoms with Gasteiger partial charge in [-0.25, -0.2) is 0 Å². The molecule has 0 spiro atoms. The molecule has 21 heavy (non-hydrogen) atoms. The van der Waals surface area contributed by atoms with E-state index in [1.165, 1.54) is 16.8 Å². The number of nitrogens with zero attached hydrogens (tertiary/aromatic N) is 2. The van der Waals surface area contributed by atoms with Crippen LogP contribution in [0.3, 0.4) is 0 Å². The van der Waals surface area contributed by atoms with E-state index in [4.69, 9.17) is 5.73 Å². The zero-order chi connectivity index (χ0) is 14.8. The van der Waals surface area contributed by atoms with E-state index >= 15 is 0 Å². The van der Waals surface area contributed by atoms with Crippen molar-refractivity contribution in [3.05, 3.63) is 59.9 Å². The van der Waals surface area contributed by atoms with Crippen LogP contribution >= 0.6 is 0 Å². The third-order valence-corrected chi connectivity index (χ3v) is 4.26. The molecule has 1 aromatic heterocycles. The maximum absolute atomic E-state index is 6.34. The van der Waals surface area contributed by atoms with Crippen molar-refractivity contribution in [1.29, 1.82) is 0 Å². The Balaban J connectivity index is 2.04. The normalized spacial score (nSPS) is 20.7. The van der Waals surface area contributed by atoms with Crippen LogP contribution in [0.15, 0.2) is 48.8 Å². The minimum atomic E-state index is 0.0609. The molecule has 3 nitrogen and oxygen atoms in total. The highest BCUT2D eigenvalue weighted by atomic mass is 15.2. The highest BCUT2D eigenvalue weighted by molar-refractivity contribution is 5.57. The molecule has 0 aliphatic carbocycles. The Morgan fingerprint density at radius 2 is 1.90 bits per heavy atom. The van der Waals surface area contributed by atoms with Crippen molar-refractivity contribution in [2.24, 2.45) is 11.7 Å². The molecule has 0 fully saturated rings. The van der Waals surface area contributed by atoms with Crippen LogP contribution < -0.4 is 10.6 Å². The first kappa shape index (κ1) is 14.1. The number of rotatable bonds is 3. The van der Waals surface area contributed by atoms with E-state index in [9.17, 15) is 0 Å². The topological polar surface area (TPSA) is 42.2 Å². The van der Waals surface area contributed by atoms with Crippen molar-refractivity contribution in [3.8, 4) is 0 Å². The third-order valence-electron chi connectivity index (χ3n) is 4.26. The number of para-hydroxylation sites is 1. The second-order valence-corrected chi connectivity index (χ2v) is 6.17. The van der Waals surface area contributed by atoms with Crippen molar-refractivity contribution in [3.63, 3.8) is 0 Å². The van der Waals surface area contributed by atoms with Gasteiger partial charge in [0.2, 0.25) is 0 Å². The van der Waals surface area contributed by atoms with Gasteiger partial charge in [-0.1, -0.05) is 25.1 Å². The zero-order valence-electron chi connectivity index (χ0n) is 12.7. The number of anilines is 1. The molecule has 3 unspecified atom stereocenters. The predicted molar refractivity (Wildman–Crippen MR) is 87.3 cm³/mol. The lowest BCUT2D eigenvalue weighted by molar-refractivity contribution is 0.453. The van der Waals surface area contributed by atoms with Crippen molar-refractivity contribution in [1.82, 2.24) is 4.98 Å². The van der Waals surface area contributed by atoms with Gasteiger partial charge in [0.05, 0.1) is 6.04 Å². The molecule has 0 amide bonds. The summed E-state index contributed by atoms with van der Waals surface area (Å²) in [4.78, 5) is 6.61. The van der Waals surface area contributed by atoms with Crippen LogP contribution in [-0.2, 0) is 6.42 Å². The first-order valence-electron chi connectivity index (χ1n) is 7.67. The molecule has 0 saturated carbocycles. The molecule has 2 heterocycles. The summed E-state index contributed by atoms with van der Waals surface area (Å²) in [6.45, 7) is 5.45.